The van der Waals surface area contributed by atoms with E-state index >= 15 is 0 Å². The van der Waals surface area contributed by atoms with Gasteiger partial charge >= 0.3 is 5.97 Å². The van der Waals surface area contributed by atoms with E-state index in [0.29, 0.717) is 28.3 Å². The summed E-state index contributed by atoms with van der Waals surface area (Å²) in [5.74, 6) is 0.134. The van der Waals surface area contributed by atoms with Gasteiger partial charge in [-0.3, -0.25) is 4.79 Å². The van der Waals surface area contributed by atoms with Gasteiger partial charge in [-0.1, -0.05) is 29.8 Å². The Bertz CT molecular complexity index is 1040. The van der Waals surface area contributed by atoms with Gasteiger partial charge in [0, 0.05) is 28.0 Å². The van der Waals surface area contributed by atoms with Gasteiger partial charge in [0.05, 0.1) is 24.3 Å². The topological polar surface area (TPSA) is 89.0 Å². The number of halogens is 1. The molecule has 6 heteroatoms. The Hall–Kier alpha value is -3.10. The number of hydrogen-bond donors (Lipinski definition) is 1. The lowest BCUT2D eigenvalue weighted by molar-refractivity contribution is -0.140. The van der Waals surface area contributed by atoms with Crippen LogP contribution in [0.25, 0.3) is 22.0 Å². The van der Waals surface area contributed by atoms with Crippen molar-refractivity contribution in [3.8, 4) is 17.2 Å². The Kier molecular flexibility index (Phi) is 5.06. The SMILES string of the molecule is COC(=O)CCc1ccc(-c2ccc(C#N)cc2Cl)c2nc(N)ccc12. The molecule has 0 fully saturated rings. The first-order valence-corrected chi connectivity index (χ1v) is 8.36. The molecular weight excluding hydrogens is 350 g/mol. The second-order valence-electron chi connectivity index (χ2n) is 5.79. The number of aryl methyl sites for hydroxylation is 1. The van der Waals surface area contributed by atoms with E-state index in [-0.39, 0.29) is 12.4 Å². The zero-order valence-corrected chi connectivity index (χ0v) is 14.9. The van der Waals surface area contributed by atoms with E-state index in [1.54, 1.807) is 24.3 Å². The summed E-state index contributed by atoms with van der Waals surface area (Å²) in [6.45, 7) is 0. The number of pyridine rings is 1. The molecule has 0 aliphatic heterocycles. The molecule has 0 spiro atoms. The highest BCUT2D eigenvalue weighted by Crippen LogP contribution is 2.35. The molecule has 0 atom stereocenters. The summed E-state index contributed by atoms with van der Waals surface area (Å²) in [6, 6.07) is 14.7. The average Bonchev–Trinajstić information content (AvgIpc) is 2.65. The van der Waals surface area contributed by atoms with Crippen molar-refractivity contribution in [2.45, 2.75) is 12.8 Å². The Balaban J connectivity index is 2.14. The highest BCUT2D eigenvalue weighted by Gasteiger charge is 2.14. The summed E-state index contributed by atoms with van der Waals surface area (Å²) in [6.07, 6.45) is 0.823. The number of anilines is 1. The molecule has 0 aliphatic carbocycles. The van der Waals surface area contributed by atoms with Crippen molar-refractivity contribution in [2.24, 2.45) is 0 Å². The van der Waals surface area contributed by atoms with Crippen molar-refractivity contribution < 1.29 is 9.53 Å². The minimum atomic E-state index is -0.263. The van der Waals surface area contributed by atoms with Crippen molar-refractivity contribution in [1.29, 1.82) is 5.26 Å². The molecule has 5 nitrogen and oxygen atoms in total. The molecule has 3 aromatic rings. The quantitative estimate of drug-likeness (QED) is 0.702. The molecule has 0 radical (unpaired) electrons. The lowest BCUT2D eigenvalue weighted by atomic mass is 9.96. The molecule has 0 amide bonds. The lowest BCUT2D eigenvalue weighted by Crippen LogP contribution is -2.03. The van der Waals surface area contributed by atoms with E-state index in [4.69, 9.17) is 27.3 Å². The van der Waals surface area contributed by atoms with Gasteiger partial charge in [0.1, 0.15) is 5.82 Å². The third-order valence-electron chi connectivity index (χ3n) is 4.18. The first kappa shape index (κ1) is 17.7. The van der Waals surface area contributed by atoms with Gasteiger partial charge < -0.3 is 10.5 Å². The van der Waals surface area contributed by atoms with Crippen LogP contribution in [-0.4, -0.2) is 18.1 Å². The van der Waals surface area contributed by atoms with Gasteiger partial charge in [-0.05, 0) is 36.2 Å². The molecule has 0 saturated heterocycles. The monoisotopic (exact) mass is 365 g/mol. The van der Waals surface area contributed by atoms with Crippen molar-refractivity contribution in [2.75, 3.05) is 12.8 Å². The predicted octanol–water partition coefficient (Wildman–Crippen LogP) is 4.11. The highest BCUT2D eigenvalue weighted by molar-refractivity contribution is 6.33. The maximum atomic E-state index is 11.5. The van der Waals surface area contributed by atoms with Crippen LogP contribution in [-0.2, 0) is 16.0 Å². The van der Waals surface area contributed by atoms with Crippen LogP contribution < -0.4 is 5.73 Å². The predicted molar refractivity (Wildman–Crippen MR) is 102 cm³/mol. The van der Waals surface area contributed by atoms with E-state index in [0.717, 1.165) is 22.1 Å². The summed E-state index contributed by atoms with van der Waals surface area (Å²) in [5, 5.41) is 10.4. The van der Waals surface area contributed by atoms with Crippen LogP contribution in [0.1, 0.15) is 17.5 Å². The molecule has 1 heterocycles. The fourth-order valence-corrected chi connectivity index (χ4v) is 3.15. The third-order valence-corrected chi connectivity index (χ3v) is 4.50. The van der Waals surface area contributed by atoms with E-state index in [1.165, 1.54) is 7.11 Å². The Morgan fingerprint density at radius 2 is 2.00 bits per heavy atom. The number of esters is 1. The van der Waals surface area contributed by atoms with Gasteiger partial charge in [-0.2, -0.15) is 5.26 Å². The van der Waals surface area contributed by atoms with Gasteiger partial charge in [-0.15, -0.1) is 0 Å². The minimum Gasteiger partial charge on any atom is -0.469 e. The molecule has 3 rings (SSSR count). The summed E-state index contributed by atoms with van der Waals surface area (Å²) < 4.78 is 4.72. The summed E-state index contributed by atoms with van der Waals surface area (Å²) in [7, 11) is 1.37. The summed E-state index contributed by atoms with van der Waals surface area (Å²) >= 11 is 6.37. The standard InChI is InChI=1S/C20H16ClN3O2/c1-26-19(25)9-4-13-3-6-16(20-14(13)7-8-18(23)24-20)15-5-2-12(11-22)10-17(15)21/h2-3,5-8,10H,4,9H2,1H3,(H2,23,24). The Labute approximate surface area is 156 Å². The minimum absolute atomic E-state index is 0.263. The third kappa shape index (κ3) is 3.46. The van der Waals surface area contributed by atoms with Crippen LogP contribution in [0.2, 0.25) is 5.02 Å². The molecule has 26 heavy (non-hydrogen) atoms. The number of nitrogens with zero attached hydrogens (tertiary/aromatic N) is 2. The van der Waals surface area contributed by atoms with E-state index in [9.17, 15) is 4.79 Å². The summed E-state index contributed by atoms with van der Waals surface area (Å²) in [4.78, 5) is 15.9. The van der Waals surface area contributed by atoms with Crippen LogP contribution in [0.3, 0.4) is 0 Å². The number of carbonyl (C=O) groups is 1. The van der Waals surface area contributed by atoms with Crippen molar-refractivity contribution in [1.82, 2.24) is 4.98 Å². The van der Waals surface area contributed by atoms with Crippen LogP contribution in [0, 0.1) is 11.3 Å². The zero-order chi connectivity index (χ0) is 18.7. The number of ether oxygens (including phenoxy) is 1. The number of rotatable bonds is 4. The maximum absolute atomic E-state index is 11.5. The number of nitrogen functional groups attached to an aromatic ring is 1. The second-order valence-corrected chi connectivity index (χ2v) is 6.19. The van der Waals surface area contributed by atoms with Crippen molar-refractivity contribution in [3.63, 3.8) is 0 Å². The van der Waals surface area contributed by atoms with Gasteiger partial charge in [0.25, 0.3) is 0 Å². The van der Waals surface area contributed by atoms with E-state index < -0.39 is 0 Å². The number of aromatic nitrogens is 1. The van der Waals surface area contributed by atoms with Crippen LogP contribution in [0.5, 0.6) is 0 Å². The van der Waals surface area contributed by atoms with Gasteiger partial charge in [0.15, 0.2) is 0 Å². The fraction of sp³-hybridized carbons (Fsp3) is 0.150. The Morgan fingerprint density at radius 3 is 2.69 bits per heavy atom. The normalized spacial score (nSPS) is 10.5. The molecule has 0 saturated carbocycles. The maximum Gasteiger partial charge on any atom is 0.305 e. The second kappa shape index (κ2) is 7.42. The van der Waals surface area contributed by atoms with Crippen molar-refractivity contribution in [3.05, 3.63) is 58.6 Å². The molecule has 2 aromatic carbocycles. The fourth-order valence-electron chi connectivity index (χ4n) is 2.87. The Morgan fingerprint density at radius 1 is 1.23 bits per heavy atom. The molecule has 1 aromatic heterocycles. The largest absolute Gasteiger partial charge is 0.469 e. The number of methoxy groups -OCH3 is 1. The molecule has 0 bridgehead atoms. The number of benzene rings is 2. The number of nitriles is 1. The van der Waals surface area contributed by atoms with Crippen LogP contribution >= 0.6 is 11.6 Å². The van der Waals surface area contributed by atoms with E-state index in [2.05, 4.69) is 11.1 Å². The average molecular weight is 366 g/mol. The first-order chi connectivity index (χ1) is 12.5. The highest BCUT2D eigenvalue weighted by atomic mass is 35.5. The van der Waals surface area contributed by atoms with Gasteiger partial charge in [-0.25, -0.2) is 4.98 Å². The number of nitrogens with two attached hydrogens (primary N) is 1. The molecular formula is C20H16ClN3O2. The smallest absolute Gasteiger partial charge is 0.305 e. The van der Waals surface area contributed by atoms with E-state index in [1.807, 2.05) is 18.2 Å². The molecule has 2 N–H and O–H groups in total. The molecule has 0 unspecified atom stereocenters. The van der Waals surface area contributed by atoms with Crippen LogP contribution in [0.4, 0.5) is 5.82 Å². The number of carbonyl (C=O) groups excluding carboxylic acids is 1. The number of fused-ring (bicyclic) bond motifs is 1. The van der Waals surface area contributed by atoms with Crippen LogP contribution in [0.15, 0.2) is 42.5 Å². The molecule has 130 valence electrons. The zero-order valence-electron chi connectivity index (χ0n) is 14.1. The van der Waals surface area contributed by atoms with Crippen molar-refractivity contribution >= 4 is 34.3 Å². The summed E-state index contributed by atoms with van der Waals surface area (Å²) in [5.41, 5.74) is 9.66. The first-order valence-electron chi connectivity index (χ1n) is 7.98. The number of hydrogen-bond acceptors (Lipinski definition) is 5. The lowest BCUT2D eigenvalue weighted by Gasteiger charge is -2.12. The molecule has 0 aliphatic rings. The van der Waals surface area contributed by atoms with Gasteiger partial charge in [0.2, 0.25) is 0 Å².